The van der Waals surface area contributed by atoms with E-state index >= 15 is 0 Å². The van der Waals surface area contributed by atoms with E-state index in [-0.39, 0.29) is 11.4 Å². The Morgan fingerprint density at radius 1 is 1.28 bits per heavy atom. The third-order valence-electron chi connectivity index (χ3n) is 3.71. The van der Waals surface area contributed by atoms with E-state index in [0.717, 1.165) is 17.5 Å². The molecule has 0 bridgehead atoms. The highest BCUT2D eigenvalue weighted by atomic mass is 16.6. The summed E-state index contributed by atoms with van der Waals surface area (Å²) >= 11 is 0. The number of rotatable bonds is 5. The number of aromatic nitrogens is 2. The molecule has 8 heteroatoms. The number of oxime groups is 1. The van der Waals surface area contributed by atoms with Gasteiger partial charge < -0.3 is 10.3 Å². The molecule has 0 fully saturated rings. The molecule has 0 aliphatic rings. The van der Waals surface area contributed by atoms with E-state index in [9.17, 15) is 15.2 Å². The minimum Gasteiger partial charge on any atom is -0.507 e. The summed E-state index contributed by atoms with van der Waals surface area (Å²) < 4.78 is 0. The molecule has 0 spiro atoms. The van der Waals surface area contributed by atoms with Crippen molar-refractivity contribution in [3.8, 4) is 16.9 Å². The lowest BCUT2D eigenvalue weighted by Gasteiger charge is -2.11. The molecule has 2 aromatic carbocycles. The van der Waals surface area contributed by atoms with E-state index in [1.165, 1.54) is 12.1 Å². The van der Waals surface area contributed by atoms with Crippen molar-refractivity contribution in [3.05, 3.63) is 75.6 Å². The number of hydrogen-bond donors (Lipinski definition) is 3. The maximum Gasteiger partial charge on any atom is 0.270 e. The number of nitro groups is 1. The Morgan fingerprint density at radius 2 is 2.12 bits per heavy atom. The predicted molar refractivity (Wildman–Crippen MR) is 91.0 cm³/mol. The van der Waals surface area contributed by atoms with Gasteiger partial charge in [-0.2, -0.15) is 5.10 Å². The number of benzene rings is 2. The van der Waals surface area contributed by atoms with Gasteiger partial charge in [-0.25, -0.2) is 0 Å². The monoisotopic (exact) mass is 338 g/mol. The summed E-state index contributed by atoms with van der Waals surface area (Å²) in [5.41, 5.74) is 2.72. The van der Waals surface area contributed by atoms with Crippen LogP contribution >= 0.6 is 0 Å². The molecule has 0 aliphatic carbocycles. The topological polar surface area (TPSA) is 125 Å². The molecule has 0 aliphatic heterocycles. The molecule has 3 aromatic rings. The van der Waals surface area contributed by atoms with Gasteiger partial charge in [0.2, 0.25) is 0 Å². The average molecular weight is 338 g/mol. The number of nitrogens with zero attached hydrogens (tertiary/aromatic N) is 3. The van der Waals surface area contributed by atoms with Gasteiger partial charge >= 0.3 is 0 Å². The summed E-state index contributed by atoms with van der Waals surface area (Å²) in [5, 5.41) is 40.1. The van der Waals surface area contributed by atoms with Gasteiger partial charge in [-0.05, 0) is 29.3 Å². The van der Waals surface area contributed by atoms with Gasteiger partial charge in [0.1, 0.15) is 5.75 Å². The van der Waals surface area contributed by atoms with Crippen molar-refractivity contribution in [2.24, 2.45) is 5.16 Å². The van der Waals surface area contributed by atoms with Crippen LogP contribution in [0.1, 0.15) is 16.8 Å². The summed E-state index contributed by atoms with van der Waals surface area (Å²) in [6, 6.07) is 11.2. The van der Waals surface area contributed by atoms with Gasteiger partial charge in [0.15, 0.2) is 0 Å². The minimum absolute atomic E-state index is 0.0769. The third-order valence-corrected chi connectivity index (χ3v) is 3.71. The smallest absolute Gasteiger partial charge is 0.270 e. The number of phenolic OH excluding ortho intramolecular Hbond substituents is 1. The molecule has 0 saturated carbocycles. The number of nitrogens with one attached hydrogen (secondary N) is 1. The van der Waals surface area contributed by atoms with Crippen LogP contribution in [0.3, 0.4) is 0 Å². The molecule has 25 heavy (non-hydrogen) atoms. The van der Waals surface area contributed by atoms with Crippen molar-refractivity contribution in [3.63, 3.8) is 0 Å². The van der Waals surface area contributed by atoms with Crippen molar-refractivity contribution < 1.29 is 15.2 Å². The molecule has 0 radical (unpaired) electrons. The number of phenols is 1. The Bertz CT molecular complexity index is 936. The molecule has 8 nitrogen and oxygen atoms in total. The van der Waals surface area contributed by atoms with Crippen LogP contribution in [-0.4, -0.2) is 31.6 Å². The van der Waals surface area contributed by atoms with Crippen LogP contribution in [0, 0.1) is 10.1 Å². The van der Waals surface area contributed by atoms with Crippen molar-refractivity contribution in [1.29, 1.82) is 0 Å². The molecular formula is C17H14N4O4. The fourth-order valence-corrected chi connectivity index (χ4v) is 2.59. The molecule has 1 aromatic heterocycles. The molecule has 1 heterocycles. The zero-order valence-electron chi connectivity index (χ0n) is 13.0. The molecule has 0 unspecified atom stereocenters. The number of aromatic hydroxyl groups is 1. The fourth-order valence-electron chi connectivity index (χ4n) is 2.59. The first kappa shape index (κ1) is 16.2. The standard InChI is InChI=1S/C17H14N4O4/c22-17-13(10-19-23)6-11(7-14-4-5-18-20-14)8-16(17)12-2-1-3-15(9-12)21(24)25/h1-6,8-10,22-23H,7H2,(H,18,20). The molecule has 3 N–H and O–H groups in total. The summed E-state index contributed by atoms with van der Waals surface area (Å²) in [5.74, 6) is -0.121. The molecule has 0 amide bonds. The highest BCUT2D eigenvalue weighted by molar-refractivity contribution is 5.89. The lowest BCUT2D eigenvalue weighted by atomic mass is 9.96. The van der Waals surface area contributed by atoms with E-state index < -0.39 is 4.92 Å². The van der Waals surface area contributed by atoms with Gasteiger partial charge in [0.05, 0.1) is 16.8 Å². The maximum absolute atomic E-state index is 11.0. The van der Waals surface area contributed by atoms with Crippen LogP contribution < -0.4 is 0 Å². The number of H-pyrrole nitrogens is 1. The van der Waals surface area contributed by atoms with E-state index in [4.69, 9.17) is 5.21 Å². The predicted octanol–water partition coefficient (Wildman–Crippen LogP) is 3.09. The van der Waals surface area contributed by atoms with Gasteiger partial charge in [-0.15, -0.1) is 0 Å². The SMILES string of the molecule is O=[N+]([O-])c1cccc(-c2cc(Cc3cc[nH]n3)cc(C=NO)c2O)c1. The number of hydrogen-bond acceptors (Lipinski definition) is 6. The van der Waals surface area contributed by atoms with Crippen molar-refractivity contribution in [2.75, 3.05) is 0 Å². The van der Waals surface area contributed by atoms with Crippen LogP contribution in [0.5, 0.6) is 5.75 Å². The summed E-state index contributed by atoms with van der Waals surface area (Å²) in [4.78, 5) is 10.5. The van der Waals surface area contributed by atoms with Gasteiger partial charge in [-0.1, -0.05) is 17.3 Å². The van der Waals surface area contributed by atoms with Crippen molar-refractivity contribution >= 4 is 11.9 Å². The molecule has 3 rings (SSSR count). The highest BCUT2D eigenvalue weighted by Gasteiger charge is 2.14. The fraction of sp³-hybridized carbons (Fsp3) is 0.0588. The van der Waals surface area contributed by atoms with E-state index in [0.29, 0.717) is 23.1 Å². The molecular weight excluding hydrogens is 324 g/mol. The molecule has 126 valence electrons. The van der Waals surface area contributed by atoms with Gasteiger partial charge in [0.25, 0.3) is 5.69 Å². The van der Waals surface area contributed by atoms with E-state index in [1.54, 1.807) is 30.5 Å². The Labute approximate surface area is 142 Å². The quantitative estimate of drug-likeness (QED) is 0.285. The second-order valence-corrected chi connectivity index (χ2v) is 5.38. The lowest BCUT2D eigenvalue weighted by Crippen LogP contribution is -1.95. The summed E-state index contributed by atoms with van der Waals surface area (Å²) in [6.07, 6.45) is 3.30. The first-order chi connectivity index (χ1) is 12.1. The van der Waals surface area contributed by atoms with Gasteiger partial charge in [0, 0.05) is 35.9 Å². The Kier molecular flexibility index (Phi) is 4.42. The number of nitro benzene ring substituents is 1. The molecule has 0 saturated heterocycles. The first-order valence-corrected chi connectivity index (χ1v) is 7.35. The van der Waals surface area contributed by atoms with Crippen LogP contribution in [-0.2, 0) is 6.42 Å². The molecule has 0 atom stereocenters. The highest BCUT2D eigenvalue weighted by Crippen LogP contribution is 2.35. The van der Waals surface area contributed by atoms with E-state index in [1.807, 2.05) is 6.07 Å². The van der Waals surface area contributed by atoms with Crippen molar-refractivity contribution in [2.45, 2.75) is 6.42 Å². The van der Waals surface area contributed by atoms with Crippen LogP contribution in [0.25, 0.3) is 11.1 Å². The minimum atomic E-state index is -0.496. The Balaban J connectivity index is 2.12. The second-order valence-electron chi connectivity index (χ2n) is 5.38. The summed E-state index contributed by atoms with van der Waals surface area (Å²) in [7, 11) is 0. The normalized spacial score (nSPS) is 11.0. The second kappa shape index (κ2) is 6.83. The van der Waals surface area contributed by atoms with Gasteiger partial charge in [-0.3, -0.25) is 15.2 Å². The third kappa shape index (κ3) is 3.47. The number of aromatic amines is 1. The maximum atomic E-state index is 11.0. The summed E-state index contributed by atoms with van der Waals surface area (Å²) in [6.45, 7) is 0. The lowest BCUT2D eigenvalue weighted by molar-refractivity contribution is -0.384. The van der Waals surface area contributed by atoms with Crippen LogP contribution in [0.4, 0.5) is 5.69 Å². The first-order valence-electron chi connectivity index (χ1n) is 7.35. The Morgan fingerprint density at radius 3 is 2.80 bits per heavy atom. The van der Waals surface area contributed by atoms with Crippen LogP contribution in [0.2, 0.25) is 0 Å². The zero-order valence-corrected chi connectivity index (χ0v) is 13.0. The number of non-ortho nitro benzene ring substituents is 1. The van der Waals surface area contributed by atoms with Crippen molar-refractivity contribution in [1.82, 2.24) is 10.2 Å². The van der Waals surface area contributed by atoms with E-state index in [2.05, 4.69) is 15.4 Å². The Hall–Kier alpha value is -3.68. The van der Waals surface area contributed by atoms with Crippen LogP contribution in [0.15, 0.2) is 53.8 Å². The zero-order chi connectivity index (χ0) is 17.8. The average Bonchev–Trinajstić information content (AvgIpc) is 3.11. The largest absolute Gasteiger partial charge is 0.507 e.